The molecular formula is C28H32S. The Morgan fingerprint density at radius 1 is 1.14 bits per heavy atom. The molecule has 0 aliphatic heterocycles. The molecular weight excluding hydrogens is 368 g/mol. The van der Waals surface area contributed by atoms with Crippen molar-refractivity contribution >= 4 is 29.6 Å². The normalized spacial score (nSPS) is 16.2. The quantitative estimate of drug-likeness (QED) is 0.472. The molecule has 2 aliphatic carbocycles. The van der Waals surface area contributed by atoms with E-state index in [9.17, 15) is 0 Å². The number of allylic oxidation sites excluding steroid dienone is 7. The lowest BCUT2D eigenvalue weighted by atomic mass is 9.92. The summed E-state index contributed by atoms with van der Waals surface area (Å²) in [5.74, 6) is 0.682. The molecule has 0 bridgehead atoms. The molecule has 0 nitrogen and oxygen atoms in total. The zero-order valence-corrected chi connectivity index (χ0v) is 18.7. The van der Waals surface area contributed by atoms with Crippen LogP contribution in [0.1, 0.15) is 48.6 Å². The Hall–Kier alpha value is -2.64. The molecule has 0 amide bonds. The molecule has 1 aromatic carbocycles. The monoisotopic (exact) mass is 400 g/mol. The Bertz CT molecular complexity index is 1010. The molecule has 2 aliphatic rings. The fraction of sp³-hybridized carbons (Fsp3) is 0.214. The molecule has 0 N–H and O–H groups in total. The molecule has 1 aromatic heterocycles. The fourth-order valence-electron chi connectivity index (χ4n) is 3.15. The number of hydrogen-bond acceptors (Lipinski definition) is 1. The summed E-state index contributed by atoms with van der Waals surface area (Å²) in [7, 11) is 0. The van der Waals surface area contributed by atoms with E-state index < -0.39 is 0 Å². The number of hydrogen-bond donors (Lipinski definition) is 0. The second kappa shape index (κ2) is 12.0. The molecule has 150 valence electrons. The number of benzene rings is 1. The van der Waals surface area contributed by atoms with E-state index in [0.717, 1.165) is 12.0 Å². The maximum Gasteiger partial charge on any atom is 0.0315 e. The highest BCUT2D eigenvalue weighted by atomic mass is 32.1. The standard InChI is InChI=1S/C14H14S.C7H8.C7H10/c1-10-6-5-9-13-14(10)11-7-3-2-4-8-12(11)15-13;1-7-5-3-2-4-6-7;1-4-6-7(3)5-2/h2-3,5,7-10H,4,6H2,1H3;2-6H,1H3;4-6H,1-2H2,3H3/b;;7-6-. The highest BCUT2D eigenvalue weighted by Gasteiger charge is 2.16. The van der Waals surface area contributed by atoms with E-state index in [4.69, 9.17) is 0 Å². The Balaban J connectivity index is 0.000000181. The van der Waals surface area contributed by atoms with Gasteiger partial charge in [-0.2, -0.15) is 0 Å². The Kier molecular flexibility index (Phi) is 9.40. The van der Waals surface area contributed by atoms with Crippen molar-refractivity contribution < 1.29 is 0 Å². The van der Waals surface area contributed by atoms with E-state index in [1.165, 1.54) is 26.6 Å². The summed E-state index contributed by atoms with van der Waals surface area (Å²) in [4.78, 5) is 1.47. The van der Waals surface area contributed by atoms with Crippen LogP contribution in [0.4, 0.5) is 0 Å². The van der Waals surface area contributed by atoms with E-state index in [1.807, 2.05) is 42.5 Å². The van der Waals surface area contributed by atoms with Crippen LogP contribution in [-0.4, -0.2) is 0 Å². The van der Waals surface area contributed by atoms with Gasteiger partial charge in [0.15, 0.2) is 0 Å². The van der Waals surface area contributed by atoms with Gasteiger partial charge in [0.2, 0.25) is 0 Å². The largest absolute Gasteiger partial charge is 0.136 e. The van der Waals surface area contributed by atoms with Crippen LogP contribution >= 0.6 is 11.3 Å². The number of thiophene rings is 1. The first kappa shape index (κ1) is 22.6. The summed E-state index contributed by atoms with van der Waals surface area (Å²) in [6.07, 6.45) is 21.4. The van der Waals surface area contributed by atoms with Gasteiger partial charge in [-0.3, -0.25) is 0 Å². The lowest BCUT2D eigenvalue weighted by molar-refractivity contribution is 0.771. The molecule has 1 unspecified atom stereocenters. The van der Waals surface area contributed by atoms with Crippen molar-refractivity contribution in [2.24, 2.45) is 0 Å². The average Bonchev–Trinajstić information content (AvgIpc) is 2.93. The van der Waals surface area contributed by atoms with Gasteiger partial charge >= 0.3 is 0 Å². The van der Waals surface area contributed by atoms with Crippen LogP contribution in [-0.2, 0) is 0 Å². The van der Waals surface area contributed by atoms with Crippen LogP contribution in [0, 0.1) is 6.92 Å². The lowest BCUT2D eigenvalue weighted by Crippen LogP contribution is -2.22. The van der Waals surface area contributed by atoms with E-state index in [1.54, 1.807) is 17.7 Å². The molecule has 1 heteroatoms. The van der Waals surface area contributed by atoms with E-state index in [0.29, 0.717) is 5.92 Å². The molecule has 0 saturated heterocycles. The third-order valence-corrected chi connectivity index (χ3v) is 5.96. The van der Waals surface area contributed by atoms with E-state index >= 15 is 0 Å². The predicted molar refractivity (Wildman–Crippen MR) is 134 cm³/mol. The molecule has 4 rings (SSSR count). The zero-order valence-electron chi connectivity index (χ0n) is 17.9. The molecule has 2 aromatic rings. The van der Waals surface area contributed by atoms with Crippen molar-refractivity contribution in [1.82, 2.24) is 0 Å². The van der Waals surface area contributed by atoms with E-state index in [-0.39, 0.29) is 0 Å². The molecule has 0 spiro atoms. The highest BCUT2D eigenvalue weighted by Crippen LogP contribution is 2.28. The first-order valence-electron chi connectivity index (χ1n) is 10.2. The molecule has 0 fully saturated rings. The summed E-state index contributed by atoms with van der Waals surface area (Å²) in [6.45, 7) is 13.5. The highest BCUT2D eigenvalue weighted by molar-refractivity contribution is 7.11. The maximum atomic E-state index is 3.56. The number of rotatable bonds is 2. The Morgan fingerprint density at radius 3 is 2.48 bits per heavy atom. The topological polar surface area (TPSA) is 0 Å². The van der Waals surface area contributed by atoms with Gasteiger partial charge in [-0.25, -0.2) is 0 Å². The van der Waals surface area contributed by atoms with Crippen molar-refractivity contribution in [3.8, 4) is 0 Å². The number of aryl methyl sites for hydroxylation is 1. The minimum absolute atomic E-state index is 0.682. The fourth-order valence-corrected chi connectivity index (χ4v) is 4.44. The summed E-state index contributed by atoms with van der Waals surface area (Å²) >= 11 is 1.94. The third kappa shape index (κ3) is 7.03. The van der Waals surface area contributed by atoms with Crippen LogP contribution in [0.15, 0.2) is 85.5 Å². The number of fused-ring (bicyclic) bond motifs is 3. The van der Waals surface area contributed by atoms with Gasteiger partial charge < -0.3 is 0 Å². The maximum absolute atomic E-state index is 3.56. The lowest BCUT2D eigenvalue weighted by Gasteiger charge is -2.13. The van der Waals surface area contributed by atoms with Crippen LogP contribution in [0.5, 0.6) is 0 Å². The van der Waals surface area contributed by atoms with Gasteiger partial charge in [0.05, 0.1) is 0 Å². The van der Waals surface area contributed by atoms with Crippen molar-refractivity contribution in [3.05, 3.63) is 111 Å². The van der Waals surface area contributed by atoms with Gasteiger partial charge in [-0.05, 0) is 49.5 Å². The molecule has 0 radical (unpaired) electrons. The second-order valence-corrected chi connectivity index (χ2v) is 8.32. The van der Waals surface area contributed by atoms with Gasteiger partial charge in [0.1, 0.15) is 0 Å². The Labute approximate surface area is 180 Å². The van der Waals surface area contributed by atoms with E-state index in [2.05, 4.69) is 75.6 Å². The van der Waals surface area contributed by atoms with Crippen molar-refractivity contribution in [1.29, 1.82) is 0 Å². The van der Waals surface area contributed by atoms with Gasteiger partial charge in [0.25, 0.3) is 0 Å². The van der Waals surface area contributed by atoms with Crippen LogP contribution in [0.25, 0.3) is 18.2 Å². The smallest absolute Gasteiger partial charge is 0.0315 e. The summed E-state index contributed by atoms with van der Waals surface area (Å²) in [5, 5.41) is 1.47. The zero-order chi connectivity index (χ0) is 21.1. The van der Waals surface area contributed by atoms with Crippen LogP contribution < -0.4 is 9.75 Å². The summed E-state index contributed by atoms with van der Waals surface area (Å²) in [6, 6.07) is 10.3. The van der Waals surface area contributed by atoms with Crippen LogP contribution in [0.2, 0.25) is 0 Å². The van der Waals surface area contributed by atoms with Crippen molar-refractivity contribution in [2.45, 2.75) is 39.5 Å². The Morgan fingerprint density at radius 2 is 1.90 bits per heavy atom. The van der Waals surface area contributed by atoms with Crippen molar-refractivity contribution in [3.63, 3.8) is 0 Å². The van der Waals surface area contributed by atoms with Crippen molar-refractivity contribution in [2.75, 3.05) is 0 Å². The van der Waals surface area contributed by atoms with Gasteiger partial charge in [0, 0.05) is 9.41 Å². The summed E-state index contributed by atoms with van der Waals surface area (Å²) in [5.41, 5.74) is 4.04. The van der Waals surface area contributed by atoms with Gasteiger partial charge in [-0.15, -0.1) is 11.3 Å². The molecule has 29 heavy (non-hydrogen) atoms. The first-order chi connectivity index (χ1) is 14.1. The minimum Gasteiger partial charge on any atom is -0.136 e. The first-order valence-corrected chi connectivity index (χ1v) is 11.0. The average molecular weight is 401 g/mol. The molecule has 1 atom stereocenters. The minimum atomic E-state index is 0.682. The molecule has 1 heterocycles. The summed E-state index contributed by atoms with van der Waals surface area (Å²) < 4.78 is 1.46. The predicted octanol–water partition coefficient (Wildman–Crippen LogP) is 7.09. The SMILES string of the molecule is C=C/C=C(/C)C=C.CC1CC=Cc2sc3c(c21)=CC=CCC=3.Cc1ccccc1. The second-order valence-electron chi connectivity index (χ2n) is 7.24. The third-order valence-electron chi connectivity index (χ3n) is 4.77. The molecule has 0 saturated carbocycles. The van der Waals surface area contributed by atoms with Crippen LogP contribution in [0.3, 0.4) is 0 Å². The van der Waals surface area contributed by atoms with Gasteiger partial charge in [-0.1, -0.05) is 110 Å².